The third-order valence-electron chi connectivity index (χ3n) is 4.96. The highest BCUT2D eigenvalue weighted by Crippen LogP contribution is 2.48. The molecule has 1 aromatic carbocycles. The standard InChI is InChI=1S/C19H25N3O6/c1-19(2,3)28-18(24)21-13(7-12-9-16(12)21)10-20-14-8-11(17(23)27-4)5-6-15(14)22(25)26/h5-6,8,12-13,16,20H,7,9-10H2,1-4H3/t12-,13+,16+/m0/s1. The van der Waals surface area contributed by atoms with E-state index in [4.69, 9.17) is 4.74 Å². The number of fused-ring (bicyclic) bond motifs is 1. The Hall–Kier alpha value is -2.84. The molecule has 1 amide bonds. The topological polar surface area (TPSA) is 111 Å². The average molecular weight is 391 g/mol. The lowest BCUT2D eigenvalue weighted by Gasteiger charge is -2.30. The normalized spacial score (nSPS) is 23.0. The van der Waals surface area contributed by atoms with Crippen LogP contribution in [0.4, 0.5) is 16.2 Å². The van der Waals surface area contributed by atoms with Gasteiger partial charge in [-0.1, -0.05) is 0 Å². The van der Waals surface area contributed by atoms with Crippen LogP contribution in [0, 0.1) is 16.0 Å². The highest BCUT2D eigenvalue weighted by Gasteiger charge is 2.54. The van der Waals surface area contributed by atoms with E-state index in [1.807, 2.05) is 20.8 Å². The number of nitrogens with one attached hydrogen (secondary N) is 1. The number of rotatable bonds is 5. The van der Waals surface area contributed by atoms with E-state index in [0.717, 1.165) is 12.8 Å². The molecule has 1 N–H and O–H groups in total. The van der Waals surface area contributed by atoms with Crippen molar-refractivity contribution in [1.29, 1.82) is 0 Å². The van der Waals surface area contributed by atoms with Gasteiger partial charge in [-0.15, -0.1) is 0 Å². The maximum Gasteiger partial charge on any atom is 0.410 e. The highest BCUT2D eigenvalue weighted by atomic mass is 16.6. The summed E-state index contributed by atoms with van der Waals surface area (Å²) in [5, 5.41) is 14.4. The lowest BCUT2D eigenvalue weighted by Crippen LogP contribution is -2.44. The number of likely N-dealkylation sites (tertiary alicyclic amines) is 1. The fourth-order valence-corrected chi connectivity index (χ4v) is 3.65. The molecular weight excluding hydrogens is 366 g/mol. The lowest BCUT2D eigenvalue weighted by molar-refractivity contribution is -0.384. The van der Waals surface area contributed by atoms with Gasteiger partial charge in [0.1, 0.15) is 11.3 Å². The summed E-state index contributed by atoms with van der Waals surface area (Å²) in [5.74, 6) is -0.119. The summed E-state index contributed by atoms with van der Waals surface area (Å²) < 4.78 is 10.2. The van der Waals surface area contributed by atoms with E-state index >= 15 is 0 Å². The Balaban J connectivity index is 1.74. The van der Waals surface area contributed by atoms with Crippen molar-refractivity contribution in [2.45, 2.75) is 51.3 Å². The molecule has 3 rings (SSSR count). The van der Waals surface area contributed by atoms with E-state index in [-0.39, 0.29) is 35.1 Å². The predicted octanol–water partition coefficient (Wildman–Crippen LogP) is 3.19. The van der Waals surface area contributed by atoms with Crippen LogP contribution < -0.4 is 5.32 Å². The van der Waals surface area contributed by atoms with Gasteiger partial charge >= 0.3 is 12.1 Å². The molecule has 0 unspecified atom stereocenters. The Labute approximate surface area is 163 Å². The molecule has 0 bridgehead atoms. The Bertz CT molecular complexity index is 803. The van der Waals surface area contributed by atoms with Crippen LogP contribution in [0.3, 0.4) is 0 Å². The molecule has 1 heterocycles. The Kier molecular flexibility index (Phi) is 5.18. The molecule has 2 aliphatic rings. The van der Waals surface area contributed by atoms with Crippen LogP contribution in [0.25, 0.3) is 0 Å². The molecule has 1 saturated carbocycles. The summed E-state index contributed by atoms with van der Waals surface area (Å²) in [7, 11) is 1.25. The van der Waals surface area contributed by atoms with E-state index in [0.29, 0.717) is 12.5 Å². The maximum atomic E-state index is 12.6. The van der Waals surface area contributed by atoms with Crippen LogP contribution in [0.15, 0.2) is 18.2 Å². The number of nitrogens with zero attached hydrogens (tertiary/aromatic N) is 2. The SMILES string of the molecule is COC(=O)c1ccc([N+](=O)[O-])c(NC[C@H]2C[C@H]3C[C@H]3N2C(=O)OC(C)(C)C)c1. The van der Waals surface area contributed by atoms with E-state index in [2.05, 4.69) is 10.1 Å². The fraction of sp³-hybridized carbons (Fsp3) is 0.579. The first-order valence-electron chi connectivity index (χ1n) is 9.22. The number of ether oxygens (including phenoxy) is 2. The molecule has 1 saturated heterocycles. The van der Waals surface area contributed by atoms with Crippen molar-refractivity contribution in [1.82, 2.24) is 4.90 Å². The minimum atomic E-state index is -0.588. The van der Waals surface area contributed by atoms with Crippen molar-refractivity contribution in [2.24, 2.45) is 5.92 Å². The van der Waals surface area contributed by atoms with Gasteiger partial charge < -0.3 is 19.7 Å². The molecule has 28 heavy (non-hydrogen) atoms. The molecule has 1 aliphatic heterocycles. The number of nitro groups is 1. The Morgan fingerprint density at radius 2 is 2.04 bits per heavy atom. The number of hydrogen-bond acceptors (Lipinski definition) is 7. The fourth-order valence-electron chi connectivity index (χ4n) is 3.65. The molecular formula is C19H25N3O6. The first-order valence-corrected chi connectivity index (χ1v) is 9.22. The van der Waals surface area contributed by atoms with Gasteiger partial charge in [0.25, 0.3) is 5.69 Å². The smallest absolute Gasteiger partial charge is 0.410 e. The zero-order valence-corrected chi connectivity index (χ0v) is 16.4. The first kappa shape index (κ1) is 19.9. The van der Waals surface area contributed by atoms with Crippen molar-refractivity contribution < 1.29 is 24.0 Å². The van der Waals surface area contributed by atoms with Gasteiger partial charge in [0.15, 0.2) is 0 Å². The van der Waals surface area contributed by atoms with Gasteiger partial charge in [0, 0.05) is 18.7 Å². The number of piperidine rings is 1. The monoisotopic (exact) mass is 391 g/mol. The van der Waals surface area contributed by atoms with Gasteiger partial charge in [0.05, 0.1) is 23.6 Å². The summed E-state index contributed by atoms with van der Waals surface area (Å²) >= 11 is 0. The molecule has 0 aromatic heterocycles. The maximum absolute atomic E-state index is 12.6. The van der Waals surface area contributed by atoms with Crippen LogP contribution in [0.5, 0.6) is 0 Å². The molecule has 9 heteroatoms. The van der Waals surface area contributed by atoms with Gasteiger partial charge in [0.2, 0.25) is 0 Å². The number of anilines is 1. The number of esters is 1. The number of hydrogen-bond donors (Lipinski definition) is 1. The number of carbonyl (C=O) groups excluding carboxylic acids is 2. The molecule has 3 atom stereocenters. The molecule has 2 fully saturated rings. The summed E-state index contributed by atoms with van der Waals surface area (Å²) in [6.07, 6.45) is 1.43. The second-order valence-corrected chi connectivity index (χ2v) is 8.20. The molecule has 0 spiro atoms. The zero-order valence-electron chi connectivity index (χ0n) is 16.4. The van der Waals surface area contributed by atoms with Gasteiger partial charge in [-0.25, -0.2) is 9.59 Å². The first-order chi connectivity index (χ1) is 13.1. The molecule has 152 valence electrons. The Morgan fingerprint density at radius 1 is 1.32 bits per heavy atom. The van der Waals surface area contributed by atoms with Crippen molar-refractivity contribution >= 4 is 23.4 Å². The van der Waals surface area contributed by atoms with E-state index in [1.54, 1.807) is 4.90 Å². The zero-order chi connectivity index (χ0) is 20.6. The third kappa shape index (κ3) is 4.18. The van der Waals surface area contributed by atoms with Crippen LogP contribution in [0.2, 0.25) is 0 Å². The van der Waals surface area contributed by atoms with Crippen LogP contribution in [-0.4, -0.2) is 53.2 Å². The number of carbonyl (C=O) groups is 2. The van der Waals surface area contributed by atoms with E-state index in [1.165, 1.54) is 25.3 Å². The van der Waals surface area contributed by atoms with Crippen molar-refractivity contribution in [3.05, 3.63) is 33.9 Å². The molecule has 0 radical (unpaired) electrons. The molecule has 1 aliphatic carbocycles. The number of amides is 1. The lowest BCUT2D eigenvalue weighted by atomic mass is 10.1. The summed E-state index contributed by atoms with van der Waals surface area (Å²) in [6, 6.07) is 4.08. The summed E-state index contributed by atoms with van der Waals surface area (Å²) in [4.78, 5) is 36.9. The molecule has 9 nitrogen and oxygen atoms in total. The minimum Gasteiger partial charge on any atom is -0.465 e. The van der Waals surface area contributed by atoms with Gasteiger partial charge in [-0.3, -0.25) is 10.1 Å². The van der Waals surface area contributed by atoms with Crippen LogP contribution >= 0.6 is 0 Å². The van der Waals surface area contributed by atoms with Crippen molar-refractivity contribution in [2.75, 3.05) is 19.0 Å². The number of nitro benzene ring substituents is 1. The van der Waals surface area contributed by atoms with E-state index < -0.39 is 16.5 Å². The third-order valence-corrected chi connectivity index (χ3v) is 4.96. The second-order valence-electron chi connectivity index (χ2n) is 8.20. The van der Waals surface area contributed by atoms with Crippen molar-refractivity contribution in [3.8, 4) is 0 Å². The molecule has 1 aromatic rings. The summed E-state index contributed by atoms with van der Waals surface area (Å²) in [6.45, 7) is 5.79. The number of methoxy groups -OCH3 is 1. The van der Waals surface area contributed by atoms with Crippen LogP contribution in [-0.2, 0) is 9.47 Å². The highest BCUT2D eigenvalue weighted by molar-refractivity contribution is 5.91. The number of benzene rings is 1. The van der Waals surface area contributed by atoms with Crippen molar-refractivity contribution in [3.63, 3.8) is 0 Å². The Morgan fingerprint density at radius 3 is 2.64 bits per heavy atom. The van der Waals surface area contributed by atoms with Gasteiger partial charge in [-0.05, 0) is 51.7 Å². The second kappa shape index (κ2) is 7.29. The van der Waals surface area contributed by atoms with Crippen LogP contribution in [0.1, 0.15) is 44.0 Å². The summed E-state index contributed by atoms with van der Waals surface area (Å²) in [5.41, 5.74) is -0.290. The van der Waals surface area contributed by atoms with Gasteiger partial charge in [-0.2, -0.15) is 0 Å². The minimum absolute atomic E-state index is 0.125. The average Bonchev–Trinajstić information content (AvgIpc) is 3.27. The van der Waals surface area contributed by atoms with E-state index in [9.17, 15) is 19.7 Å². The largest absolute Gasteiger partial charge is 0.465 e. The predicted molar refractivity (Wildman–Crippen MR) is 101 cm³/mol. The quantitative estimate of drug-likeness (QED) is 0.466.